The largest absolute Gasteiger partial charge is 2.00 e. The predicted octanol–water partition coefficient (Wildman–Crippen LogP) is 2.93. The monoisotopic (exact) mass is 530 g/mol. The Labute approximate surface area is 152 Å². The van der Waals surface area contributed by atoms with Gasteiger partial charge in [-0.2, -0.15) is 0 Å². The van der Waals surface area contributed by atoms with E-state index >= 15 is 0 Å². The summed E-state index contributed by atoms with van der Waals surface area (Å²) >= 11 is 0. The topological polar surface area (TPSA) is 145 Å². The minimum absolute atomic E-state index is 0. The smallest absolute Gasteiger partial charge is 0.672 e. The molecule has 126 valence electrons. The first kappa shape index (κ1) is 32.9. The Bertz CT molecular complexity index is 277. The van der Waals surface area contributed by atoms with Crippen LogP contribution in [0.5, 0.6) is 0 Å². The van der Waals surface area contributed by atoms with Crippen molar-refractivity contribution in [3.63, 3.8) is 0 Å². The molecule has 0 rings (SSSR count). The van der Waals surface area contributed by atoms with E-state index in [0.29, 0.717) is 6.42 Å². The molecule has 0 unspecified atom stereocenters. The van der Waals surface area contributed by atoms with Crippen molar-refractivity contribution in [1.29, 1.82) is 0 Å². The normalized spacial score (nSPS) is 9.86. The molecule has 0 atom stereocenters. The zero-order chi connectivity index (χ0) is 15.0. The molecule has 0 saturated carbocycles. The van der Waals surface area contributed by atoms with Gasteiger partial charge in [0.05, 0.1) is 0 Å². The average Bonchev–Trinajstić information content (AvgIpc) is 2.15. The molecular weight excluding hydrogens is 498 g/mol. The van der Waals surface area contributed by atoms with Gasteiger partial charge in [0.1, 0.15) is 5.91 Å². The van der Waals surface area contributed by atoms with E-state index in [1.807, 2.05) is 20.8 Å². The number of rotatable bonds is 6. The minimum atomic E-state index is -1.08. The average molecular weight is 530 g/mol. The van der Waals surface area contributed by atoms with Gasteiger partial charge in [-0.15, -0.1) is 5.54 Å². The maximum atomic E-state index is 11.0. The van der Waals surface area contributed by atoms with Crippen molar-refractivity contribution in [3.05, 3.63) is 11.5 Å². The molecule has 6 nitrogen and oxygen atoms in total. The van der Waals surface area contributed by atoms with Crippen LogP contribution in [0.1, 0.15) is 67.2 Å². The molecule has 0 radical (unpaired) electrons. The molecule has 0 aromatic heterocycles. The third-order valence-electron chi connectivity index (χ3n) is 2.57. The number of ketones is 1. The Kier molecular flexibility index (Phi) is 23.5. The minimum Gasteiger partial charge on any atom is -0.672 e. The first-order valence-corrected chi connectivity index (χ1v) is 6.53. The zero-order valence-electron chi connectivity index (χ0n) is 14.1. The van der Waals surface area contributed by atoms with Crippen LogP contribution in [-0.4, -0.2) is 28.2 Å². The van der Waals surface area contributed by atoms with Crippen LogP contribution in [0.4, 0.5) is 0 Å². The van der Waals surface area contributed by atoms with Gasteiger partial charge in [-0.25, -0.2) is 0 Å². The van der Waals surface area contributed by atoms with E-state index in [1.54, 1.807) is 13.8 Å². The first-order valence-electron chi connectivity index (χ1n) is 6.53. The number of hydrogen-bond donors (Lipinski definition) is 0. The number of Topliss-reactive ketones (excluding diaryl/α,β-unsaturated/α-hetero) is 1. The fourth-order valence-corrected chi connectivity index (χ4v) is 1.67. The van der Waals surface area contributed by atoms with Gasteiger partial charge in [0.25, 0.3) is 0 Å². The van der Waals surface area contributed by atoms with Gasteiger partial charge in [0.15, 0.2) is 5.78 Å². The Morgan fingerprint density at radius 2 is 1.24 bits per heavy atom. The van der Waals surface area contributed by atoms with E-state index in [-0.39, 0.29) is 47.6 Å². The third-order valence-corrected chi connectivity index (χ3v) is 2.57. The third kappa shape index (κ3) is 20.1. The summed E-state index contributed by atoms with van der Waals surface area (Å²) in [7, 11) is 0. The molecule has 0 saturated heterocycles. The van der Waals surface area contributed by atoms with Crippen LogP contribution in [0.3, 0.4) is 0 Å². The molecule has 6 N–H and O–H groups in total. The quantitative estimate of drug-likeness (QED) is 0.487. The van der Waals surface area contributed by atoms with Crippen LogP contribution >= 0.6 is 0 Å². The van der Waals surface area contributed by atoms with Gasteiger partial charge in [0.2, 0.25) is 0 Å². The van der Waals surface area contributed by atoms with E-state index in [9.17, 15) is 9.59 Å². The Hall–Kier alpha value is 0.0719. The van der Waals surface area contributed by atoms with E-state index in [0.717, 1.165) is 19.3 Å². The molecule has 0 aromatic carbocycles. The second-order valence-electron chi connectivity index (χ2n) is 5.93. The van der Waals surface area contributed by atoms with Gasteiger partial charge in [-0.1, -0.05) is 60.8 Å². The molecule has 0 aromatic rings. The van der Waals surface area contributed by atoms with Crippen LogP contribution in [0.15, 0.2) is 0 Å². The van der Waals surface area contributed by atoms with E-state index in [4.69, 9.17) is 11.5 Å². The van der Waals surface area contributed by atoms with Crippen molar-refractivity contribution >= 4 is 11.7 Å². The van der Waals surface area contributed by atoms with E-state index in [1.165, 1.54) is 0 Å². The number of carbonyl (C=O) groups is 2. The van der Waals surface area contributed by atoms with Crippen molar-refractivity contribution < 1.29 is 51.7 Å². The van der Waals surface area contributed by atoms with Crippen molar-refractivity contribution in [3.8, 4) is 0 Å². The Morgan fingerprint density at radius 3 is 1.38 bits per heavy atom. The van der Waals surface area contributed by atoms with Gasteiger partial charge in [-0.05, 0) is 6.42 Å². The molecular formula is C14H32N2O4U. The number of hydrogen-bond acceptors (Lipinski definition) is 2. The summed E-state index contributed by atoms with van der Waals surface area (Å²) in [5.41, 5.74) is 13.1. The number of carbonyl (C=O) groups excluding carboxylic acids is 2. The summed E-state index contributed by atoms with van der Waals surface area (Å²) in [6.07, 6.45) is 3.64. The van der Waals surface area contributed by atoms with Crippen LogP contribution in [0.25, 0.3) is 11.5 Å². The molecule has 0 heterocycles. The first-order chi connectivity index (χ1) is 7.98. The standard InChI is InChI=1S/C8H15NO2.C6H14N.2H2O.U/c1-4-5-8(2,3)6(10)7(9)11;1-4-5-6(2,3)7;;;/h4-5H2,1-3H3,(H2,9,11);7H,4-5H2,1-3H3;2*1H2;/q;-1;;;+2/p-1. The molecule has 0 bridgehead atoms. The fraction of sp³-hybridized carbons (Fsp3) is 0.857. The molecule has 7 heteroatoms. The molecule has 0 fully saturated rings. The Morgan fingerprint density at radius 1 is 0.905 bits per heavy atom. The van der Waals surface area contributed by atoms with Crippen LogP contribution in [-0.2, 0) is 9.59 Å². The SMILES string of the molecule is CCCC(C)(C)C(=O)C([NH-])=O.CCCC(C)(C)[NH-].O.O.[U+2]. The molecule has 0 aliphatic rings. The van der Waals surface area contributed by atoms with Gasteiger partial charge in [-0.3, -0.25) is 4.79 Å². The summed E-state index contributed by atoms with van der Waals surface area (Å²) in [5.74, 6) is -1.66. The van der Waals surface area contributed by atoms with E-state index in [2.05, 4.69) is 6.92 Å². The Balaban J connectivity index is -0.0000000762. The van der Waals surface area contributed by atoms with Crippen LogP contribution < -0.4 is 0 Å². The van der Waals surface area contributed by atoms with Crippen molar-refractivity contribution in [1.82, 2.24) is 0 Å². The fourth-order valence-electron chi connectivity index (χ4n) is 1.67. The summed E-state index contributed by atoms with van der Waals surface area (Å²) in [5, 5.41) is 0. The zero-order valence-corrected chi connectivity index (χ0v) is 18.3. The van der Waals surface area contributed by atoms with Gasteiger partial charge >= 0.3 is 31.1 Å². The molecule has 0 aliphatic carbocycles. The second kappa shape index (κ2) is 15.0. The van der Waals surface area contributed by atoms with Gasteiger partial charge in [0, 0.05) is 5.41 Å². The number of amides is 1. The summed E-state index contributed by atoms with van der Waals surface area (Å²) in [6, 6.07) is 0. The van der Waals surface area contributed by atoms with Gasteiger partial charge < -0.3 is 27.2 Å². The van der Waals surface area contributed by atoms with Crippen molar-refractivity contribution in [2.24, 2.45) is 5.41 Å². The molecule has 0 aliphatic heterocycles. The summed E-state index contributed by atoms with van der Waals surface area (Å²) in [4.78, 5) is 21.4. The predicted molar refractivity (Wildman–Crippen MR) is 83.6 cm³/mol. The molecule has 21 heavy (non-hydrogen) atoms. The summed E-state index contributed by atoms with van der Waals surface area (Å²) in [6.45, 7) is 11.3. The van der Waals surface area contributed by atoms with E-state index < -0.39 is 17.1 Å². The van der Waals surface area contributed by atoms with Crippen LogP contribution in [0.2, 0.25) is 0 Å². The van der Waals surface area contributed by atoms with Crippen molar-refractivity contribution in [2.45, 2.75) is 72.8 Å². The molecule has 1 amide bonds. The maximum Gasteiger partial charge on any atom is 2.00 e. The number of nitrogens with one attached hydrogen (secondary N) is 2. The molecule has 0 spiro atoms. The van der Waals surface area contributed by atoms with Crippen molar-refractivity contribution in [2.75, 3.05) is 0 Å². The van der Waals surface area contributed by atoms with Crippen LogP contribution in [0, 0.1) is 36.5 Å². The second-order valence-corrected chi connectivity index (χ2v) is 5.93. The summed E-state index contributed by atoms with van der Waals surface area (Å²) < 4.78 is 0. The maximum absolute atomic E-state index is 11.0.